The molecule has 0 N–H and O–H groups in total. The Morgan fingerprint density at radius 2 is 2.03 bits per heavy atom. The molecule has 1 aromatic carbocycles. The molecule has 0 radical (unpaired) electrons. The van der Waals surface area contributed by atoms with E-state index in [1.54, 1.807) is 0 Å². The van der Waals surface area contributed by atoms with Crippen LogP contribution in [0.3, 0.4) is 0 Å². The van der Waals surface area contributed by atoms with E-state index in [-0.39, 0.29) is 18.6 Å². The normalized spacial score (nSPS) is 16.2. The van der Waals surface area contributed by atoms with Gasteiger partial charge < -0.3 is 14.2 Å². The first-order valence-corrected chi connectivity index (χ1v) is 11.3. The van der Waals surface area contributed by atoms with E-state index in [1.165, 1.54) is 0 Å². The number of carbonyl (C=O) groups is 1. The van der Waals surface area contributed by atoms with Crippen LogP contribution in [-0.2, 0) is 11.2 Å². The highest BCUT2D eigenvalue weighted by atomic mass is 16.5. The van der Waals surface area contributed by atoms with Crippen LogP contribution in [0.15, 0.2) is 41.1 Å². The first-order valence-electron chi connectivity index (χ1n) is 11.3. The molecule has 7 nitrogen and oxygen atoms in total. The molecule has 1 aliphatic heterocycles. The van der Waals surface area contributed by atoms with Crippen LogP contribution in [0.25, 0.3) is 11.3 Å². The molecule has 0 saturated carbocycles. The number of piperidine rings is 1. The Morgan fingerprint density at radius 3 is 2.75 bits per heavy atom. The highest BCUT2D eigenvalue weighted by Crippen LogP contribution is 2.37. The highest BCUT2D eigenvalue weighted by Gasteiger charge is 2.33. The summed E-state index contributed by atoms with van der Waals surface area (Å²) in [4.78, 5) is 24.6. The number of likely N-dealkylation sites (tertiary alicyclic amines) is 1. The molecular weight excluding hydrogens is 404 g/mol. The lowest BCUT2D eigenvalue weighted by Crippen LogP contribution is -2.41. The minimum Gasteiger partial charge on any atom is -0.484 e. The van der Waals surface area contributed by atoms with E-state index in [1.807, 2.05) is 55.3 Å². The number of carbonyl (C=O) groups excluding carboxylic acids is 1. The molecule has 168 valence electrons. The maximum atomic E-state index is 13.2. The molecule has 3 aromatic rings. The van der Waals surface area contributed by atoms with Crippen molar-refractivity contribution in [3.63, 3.8) is 0 Å². The van der Waals surface area contributed by atoms with Crippen LogP contribution >= 0.6 is 0 Å². The molecule has 2 aromatic heterocycles. The standard InChI is InChI=1S/C25H30N4O3/c1-4-10-22-26-15-20(25-17(2)18(3)28-32-25)24(27-22)21-13-8-9-14-29(21)23(30)16-31-19-11-6-5-7-12-19/h5-7,11-12,15,21H,4,8-10,13-14,16H2,1-3H3. The van der Waals surface area contributed by atoms with Gasteiger partial charge in [0, 0.05) is 24.7 Å². The summed E-state index contributed by atoms with van der Waals surface area (Å²) in [6.07, 6.45) is 6.43. The van der Waals surface area contributed by atoms with Crippen LogP contribution in [0.4, 0.5) is 0 Å². The van der Waals surface area contributed by atoms with Crippen molar-refractivity contribution in [2.45, 2.75) is 58.9 Å². The molecule has 3 heterocycles. The fourth-order valence-electron chi connectivity index (χ4n) is 4.13. The number of nitrogens with zero attached hydrogens (tertiary/aromatic N) is 4. The average molecular weight is 435 g/mol. The SMILES string of the molecule is CCCc1ncc(-c2onc(C)c2C)c(C2CCCCN2C(=O)COc2ccccc2)n1. The van der Waals surface area contributed by atoms with Crippen LogP contribution in [0.5, 0.6) is 5.75 Å². The van der Waals surface area contributed by atoms with Gasteiger partial charge in [-0.25, -0.2) is 9.97 Å². The molecule has 1 saturated heterocycles. The fourth-order valence-corrected chi connectivity index (χ4v) is 4.13. The Hall–Kier alpha value is -3.22. The van der Waals surface area contributed by atoms with E-state index >= 15 is 0 Å². The van der Waals surface area contributed by atoms with Crippen LogP contribution < -0.4 is 4.74 Å². The predicted molar refractivity (Wildman–Crippen MR) is 121 cm³/mol. The van der Waals surface area contributed by atoms with Crippen molar-refractivity contribution < 1.29 is 14.1 Å². The summed E-state index contributed by atoms with van der Waals surface area (Å²) in [6.45, 7) is 6.71. The predicted octanol–water partition coefficient (Wildman–Crippen LogP) is 4.83. The first-order chi connectivity index (χ1) is 15.6. The van der Waals surface area contributed by atoms with Gasteiger partial charge in [-0.15, -0.1) is 0 Å². The van der Waals surface area contributed by atoms with E-state index in [4.69, 9.17) is 14.2 Å². The largest absolute Gasteiger partial charge is 0.484 e. The van der Waals surface area contributed by atoms with E-state index < -0.39 is 0 Å². The molecule has 7 heteroatoms. The zero-order valence-electron chi connectivity index (χ0n) is 19.0. The minimum absolute atomic E-state index is 0.00317. The molecular formula is C25H30N4O3. The van der Waals surface area contributed by atoms with E-state index in [2.05, 4.69) is 17.1 Å². The average Bonchev–Trinajstić information content (AvgIpc) is 3.16. The van der Waals surface area contributed by atoms with Gasteiger partial charge in [0.05, 0.1) is 23.0 Å². The second-order valence-corrected chi connectivity index (χ2v) is 8.26. The molecule has 1 fully saturated rings. The molecule has 0 bridgehead atoms. The van der Waals surface area contributed by atoms with Crippen LogP contribution in [-0.4, -0.2) is 39.1 Å². The summed E-state index contributed by atoms with van der Waals surface area (Å²) in [5.41, 5.74) is 3.47. The van der Waals surface area contributed by atoms with Crippen LogP contribution in [0.2, 0.25) is 0 Å². The third-order valence-electron chi connectivity index (χ3n) is 5.99. The van der Waals surface area contributed by atoms with Crippen molar-refractivity contribution in [2.75, 3.05) is 13.2 Å². The number of aryl methyl sites for hydroxylation is 2. The second-order valence-electron chi connectivity index (χ2n) is 8.26. The van der Waals surface area contributed by atoms with Crippen LogP contribution in [0.1, 0.15) is 61.4 Å². The van der Waals surface area contributed by atoms with Gasteiger partial charge >= 0.3 is 0 Å². The van der Waals surface area contributed by atoms with Crippen molar-refractivity contribution in [3.05, 3.63) is 59.3 Å². The smallest absolute Gasteiger partial charge is 0.261 e. The third-order valence-corrected chi connectivity index (χ3v) is 5.99. The van der Waals surface area contributed by atoms with E-state index in [9.17, 15) is 4.79 Å². The molecule has 32 heavy (non-hydrogen) atoms. The summed E-state index contributed by atoms with van der Waals surface area (Å²) in [7, 11) is 0. The van der Waals surface area contributed by atoms with Gasteiger partial charge in [0.15, 0.2) is 12.4 Å². The van der Waals surface area contributed by atoms with Gasteiger partial charge in [-0.3, -0.25) is 4.79 Å². The lowest BCUT2D eigenvalue weighted by Gasteiger charge is -2.36. The number of aromatic nitrogens is 3. The van der Waals surface area contributed by atoms with Crippen molar-refractivity contribution in [2.24, 2.45) is 0 Å². The molecule has 1 aliphatic rings. The zero-order chi connectivity index (χ0) is 22.5. The molecule has 1 amide bonds. The number of rotatable bonds is 7. The van der Waals surface area contributed by atoms with Gasteiger partial charge in [0.2, 0.25) is 0 Å². The minimum atomic E-state index is -0.144. The van der Waals surface area contributed by atoms with Gasteiger partial charge in [-0.05, 0) is 51.7 Å². The van der Waals surface area contributed by atoms with Crippen molar-refractivity contribution in [3.8, 4) is 17.1 Å². The molecule has 0 aliphatic carbocycles. The molecule has 1 unspecified atom stereocenters. The lowest BCUT2D eigenvalue weighted by atomic mass is 9.94. The van der Waals surface area contributed by atoms with Crippen molar-refractivity contribution in [1.29, 1.82) is 0 Å². The summed E-state index contributed by atoms with van der Waals surface area (Å²) in [6, 6.07) is 9.29. The Labute approximate surface area is 188 Å². The number of para-hydroxylation sites is 1. The van der Waals surface area contributed by atoms with E-state index in [0.29, 0.717) is 18.1 Å². The highest BCUT2D eigenvalue weighted by molar-refractivity contribution is 5.79. The lowest BCUT2D eigenvalue weighted by molar-refractivity contribution is -0.137. The van der Waals surface area contributed by atoms with Gasteiger partial charge in [0.1, 0.15) is 11.6 Å². The third kappa shape index (κ3) is 4.66. The number of benzene rings is 1. The quantitative estimate of drug-likeness (QED) is 0.530. The van der Waals surface area contributed by atoms with Crippen molar-refractivity contribution in [1.82, 2.24) is 20.0 Å². The Balaban J connectivity index is 1.66. The van der Waals surface area contributed by atoms with Gasteiger partial charge in [0.25, 0.3) is 5.91 Å². The number of hydrogen-bond acceptors (Lipinski definition) is 6. The number of amides is 1. The maximum Gasteiger partial charge on any atom is 0.261 e. The monoisotopic (exact) mass is 434 g/mol. The molecule has 4 rings (SSSR count). The second kappa shape index (κ2) is 9.94. The van der Waals surface area contributed by atoms with Crippen LogP contribution in [0, 0.1) is 13.8 Å². The maximum absolute atomic E-state index is 13.2. The topological polar surface area (TPSA) is 81.4 Å². The molecule has 0 spiro atoms. The number of hydrogen-bond donors (Lipinski definition) is 0. The fraction of sp³-hybridized carbons (Fsp3) is 0.440. The van der Waals surface area contributed by atoms with Crippen molar-refractivity contribution >= 4 is 5.91 Å². The molecule has 1 atom stereocenters. The Morgan fingerprint density at radius 1 is 1.22 bits per heavy atom. The summed E-state index contributed by atoms with van der Waals surface area (Å²) in [5.74, 6) is 2.12. The Kier molecular flexibility index (Phi) is 6.83. The summed E-state index contributed by atoms with van der Waals surface area (Å²) in [5, 5.41) is 4.12. The summed E-state index contributed by atoms with van der Waals surface area (Å²) >= 11 is 0. The van der Waals surface area contributed by atoms with E-state index in [0.717, 1.165) is 60.4 Å². The van der Waals surface area contributed by atoms with Gasteiger partial charge in [-0.1, -0.05) is 30.3 Å². The number of ether oxygens (including phenoxy) is 1. The Bertz CT molecular complexity index is 1060. The summed E-state index contributed by atoms with van der Waals surface area (Å²) < 4.78 is 11.4. The zero-order valence-corrected chi connectivity index (χ0v) is 19.0. The van der Waals surface area contributed by atoms with Gasteiger partial charge in [-0.2, -0.15) is 0 Å². The first kappa shape index (κ1) is 22.0.